The van der Waals surface area contributed by atoms with Crippen molar-refractivity contribution in [3.8, 4) is 17.2 Å². The summed E-state index contributed by atoms with van der Waals surface area (Å²) in [6.07, 6.45) is 3.76. The van der Waals surface area contributed by atoms with Crippen LogP contribution in [0.25, 0.3) is 11.5 Å². The monoisotopic (exact) mass is 273 g/mol. The van der Waals surface area contributed by atoms with Gasteiger partial charge in [-0.25, -0.2) is 0 Å². The third-order valence-corrected chi connectivity index (χ3v) is 4.16. The molecule has 2 fully saturated rings. The molecule has 2 aromatic rings. The zero-order valence-corrected chi connectivity index (χ0v) is 10.8. The Morgan fingerprint density at radius 1 is 1.30 bits per heavy atom. The zero-order chi connectivity index (χ0) is 13.7. The fraction of sp³-hybridized carbons (Fsp3) is 0.429. The van der Waals surface area contributed by atoms with E-state index in [1.54, 1.807) is 12.1 Å². The molecular formula is C14H15N3O3. The molecule has 0 radical (unpaired) electrons. The first kappa shape index (κ1) is 11.7. The molecule has 0 amide bonds. The van der Waals surface area contributed by atoms with E-state index in [0.717, 1.165) is 19.3 Å². The number of nitrogen functional groups attached to an aromatic ring is 1. The van der Waals surface area contributed by atoms with Crippen molar-refractivity contribution in [1.29, 1.82) is 0 Å². The smallest absolute Gasteiger partial charge is 0.258 e. The predicted molar refractivity (Wildman–Crippen MR) is 71.1 cm³/mol. The highest BCUT2D eigenvalue weighted by Crippen LogP contribution is 2.43. The maximum absolute atomic E-state index is 9.63. The molecule has 1 aromatic heterocycles. The van der Waals surface area contributed by atoms with Crippen LogP contribution < -0.4 is 5.73 Å². The van der Waals surface area contributed by atoms with Gasteiger partial charge < -0.3 is 20.1 Å². The van der Waals surface area contributed by atoms with Crippen LogP contribution in [-0.2, 0) is 4.74 Å². The van der Waals surface area contributed by atoms with E-state index in [9.17, 15) is 5.11 Å². The average molecular weight is 273 g/mol. The number of ether oxygens (including phenoxy) is 1. The molecule has 3 heterocycles. The lowest BCUT2D eigenvalue weighted by Gasteiger charge is -2.13. The number of aromatic nitrogens is 2. The first-order valence-corrected chi connectivity index (χ1v) is 6.78. The number of nitrogens with zero attached hydrogens (tertiary/aromatic N) is 2. The lowest BCUT2D eigenvalue weighted by atomic mass is 9.89. The van der Waals surface area contributed by atoms with Crippen LogP contribution in [-0.4, -0.2) is 27.5 Å². The largest absolute Gasteiger partial charge is 0.506 e. The van der Waals surface area contributed by atoms with E-state index < -0.39 is 0 Å². The van der Waals surface area contributed by atoms with Gasteiger partial charge >= 0.3 is 0 Å². The van der Waals surface area contributed by atoms with Gasteiger partial charge in [0.25, 0.3) is 5.89 Å². The van der Waals surface area contributed by atoms with Crippen molar-refractivity contribution in [1.82, 2.24) is 10.1 Å². The molecule has 20 heavy (non-hydrogen) atoms. The first-order chi connectivity index (χ1) is 9.70. The van der Waals surface area contributed by atoms with Gasteiger partial charge in [-0.1, -0.05) is 5.16 Å². The Hall–Kier alpha value is -2.08. The van der Waals surface area contributed by atoms with Crippen LogP contribution in [0.4, 0.5) is 5.69 Å². The molecule has 6 heteroatoms. The molecule has 4 rings (SSSR count). The third-order valence-electron chi connectivity index (χ3n) is 4.16. The predicted octanol–water partition coefficient (Wildman–Crippen LogP) is 2.06. The van der Waals surface area contributed by atoms with Crippen molar-refractivity contribution in [2.24, 2.45) is 0 Å². The van der Waals surface area contributed by atoms with Crippen molar-refractivity contribution in [2.45, 2.75) is 37.4 Å². The Morgan fingerprint density at radius 3 is 2.90 bits per heavy atom. The molecule has 2 saturated heterocycles. The van der Waals surface area contributed by atoms with Crippen molar-refractivity contribution in [3.05, 3.63) is 24.0 Å². The normalized spacial score (nSPS) is 28.1. The van der Waals surface area contributed by atoms with Crippen molar-refractivity contribution in [2.75, 3.05) is 5.73 Å². The van der Waals surface area contributed by atoms with E-state index in [4.69, 9.17) is 15.0 Å². The molecule has 0 aliphatic carbocycles. The number of hydrogen-bond donors (Lipinski definition) is 2. The summed E-state index contributed by atoms with van der Waals surface area (Å²) in [6.45, 7) is 0. The molecule has 3 unspecified atom stereocenters. The summed E-state index contributed by atoms with van der Waals surface area (Å²) in [6, 6.07) is 4.91. The number of hydrogen-bond acceptors (Lipinski definition) is 6. The molecule has 2 aliphatic heterocycles. The van der Waals surface area contributed by atoms with Gasteiger partial charge in [0.15, 0.2) is 5.82 Å². The van der Waals surface area contributed by atoms with Crippen LogP contribution in [0.15, 0.2) is 22.7 Å². The Kier molecular flexibility index (Phi) is 2.47. The van der Waals surface area contributed by atoms with Crippen LogP contribution in [0.2, 0.25) is 0 Å². The van der Waals surface area contributed by atoms with Crippen LogP contribution in [0, 0.1) is 0 Å². The molecule has 2 aliphatic rings. The molecule has 0 saturated carbocycles. The number of phenols is 1. The fourth-order valence-electron chi connectivity index (χ4n) is 3.09. The molecular weight excluding hydrogens is 258 g/mol. The van der Waals surface area contributed by atoms with Gasteiger partial charge in [-0.2, -0.15) is 4.98 Å². The molecule has 2 bridgehead atoms. The summed E-state index contributed by atoms with van der Waals surface area (Å²) in [5.41, 5.74) is 6.57. The molecule has 0 spiro atoms. The van der Waals surface area contributed by atoms with Crippen LogP contribution in [0.3, 0.4) is 0 Å². The van der Waals surface area contributed by atoms with Gasteiger partial charge in [0, 0.05) is 5.56 Å². The minimum Gasteiger partial charge on any atom is -0.506 e. The van der Waals surface area contributed by atoms with Gasteiger partial charge in [0.2, 0.25) is 0 Å². The quantitative estimate of drug-likeness (QED) is 0.642. The molecule has 6 nitrogen and oxygen atoms in total. The van der Waals surface area contributed by atoms with Gasteiger partial charge in [-0.15, -0.1) is 0 Å². The maximum atomic E-state index is 9.63. The summed E-state index contributed by atoms with van der Waals surface area (Å²) in [4.78, 5) is 4.44. The van der Waals surface area contributed by atoms with E-state index in [-0.39, 0.29) is 17.8 Å². The number of fused-ring (bicyclic) bond motifs is 2. The van der Waals surface area contributed by atoms with Crippen LogP contribution in [0.5, 0.6) is 5.75 Å². The Bertz CT molecular complexity index is 655. The lowest BCUT2D eigenvalue weighted by Crippen LogP contribution is -2.15. The van der Waals surface area contributed by atoms with Gasteiger partial charge in [0.05, 0.1) is 23.8 Å². The second kappa shape index (κ2) is 4.21. The summed E-state index contributed by atoms with van der Waals surface area (Å²) >= 11 is 0. The van der Waals surface area contributed by atoms with Crippen LogP contribution in [0.1, 0.15) is 31.0 Å². The van der Waals surface area contributed by atoms with Crippen molar-refractivity contribution >= 4 is 5.69 Å². The summed E-state index contributed by atoms with van der Waals surface area (Å²) in [7, 11) is 0. The molecule has 1 aromatic carbocycles. The lowest BCUT2D eigenvalue weighted by molar-refractivity contribution is 0.0996. The molecule has 104 valence electrons. The number of anilines is 1. The highest BCUT2D eigenvalue weighted by molar-refractivity contribution is 5.63. The van der Waals surface area contributed by atoms with E-state index in [0.29, 0.717) is 29.1 Å². The number of nitrogens with two attached hydrogens (primary N) is 1. The summed E-state index contributed by atoms with van der Waals surface area (Å²) in [5, 5.41) is 13.7. The second-order valence-electron chi connectivity index (χ2n) is 5.45. The Balaban J connectivity index is 1.63. The van der Waals surface area contributed by atoms with Gasteiger partial charge in [0.1, 0.15) is 5.75 Å². The maximum Gasteiger partial charge on any atom is 0.258 e. The van der Waals surface area contributed by atoms with E-state index in [2.05, 4.69) is 10.1 Å². The molecule has 3 atom stereocenters. The highest BCUT2D eigenvalue weighted by atomic mass is 16.5. The fourth-order valence-corrected chi connectivity index (χ4v) is 3.09. The minimum atomic E-state index is 0.0190. The van der Waals surface area contributed by atoms with E-state index in [1.807, 2.05) is 0 Å². The highest BCUT2D eigenvalue weighted by Gasteiger charge is 2.43. The van der Waals surface area contributed by atoms with Crippen molar-refractivity contribution in [3.63, 3.8) is 0 Å². The Labute approximate surface area is 115 Å². The first-order valence-electron chi connectivity index (χ1n) is 6.78. The standard InChI is InChI=1S/C14H15N3O3/c15-10-3-1-7(5-11(10)18)14-16-13(17-20-14)9-6-8-2-4-12(9)19-8/h1,3,5,8-9,12,18H,2,4,6,15H2. The number of aromatic hydroxyl groups is 1. The topological polar surface area (TPSA) is 94.4 Å². The number of phenolic OH excluding ortho intramolecular Hbond substituents is 1. The minimum absolute atomic E-state index is 0.0190. The number of rotatable bonds is 2. The Morgan fingerprint density at radius 2 is 2.20 bits per heavy atom. The summed E-state index contributed by atoms with van der Waals surface area (Å²) < 4.78 is 11.1. The average Bonchev–Trinajstić information content (AvgIpc) is 3.16. The van der Waals surface area contributed by atoms with Crippen molar-refractivity contribution < 1.29 is 14.4 Å². The SMILES string of the molecule is Nc1ccc(-c2nc(C3CC4CCC3O4)no2)cc1O. The molecule has 3 N–H and O–H groups in total. The van der Waals surface area contributed by atoms with E-state index in [1.165, 1.54) is 6.07 Å². The van der Waals surface area contributed by atoms with Gasteiger partial charge in [-0.3, -0.25) is 0 Å². The second-order valence-corrected chi connectivity index (χ2v) is 5.45. The zero-order valence-electron chi connectivity index (χ0n) is 10.8. The van der Waals surface area contributed by atoms with Crippen LogP contribution >= 0.6 is 0 Å². The summed E-state index contributed by atoms with van der Waals surface area (Å²) in [5.74, 6) is 1.35. The van der Waals surface area contributed by atoms with Gasteiger partial charge in [-0.05, 0) is 37.5 Å². The third kappa shape index (κ3) is 1.76. The van der Waals surface area contributed by atoms with E-state index >= 15 is 0 Å². The number of benzene rings is 1.